The Hall–Kier alpha value is -1.63. The maximum atomic E-state index is 11.4. The molecule has 7 nitrogen and oxygen atoms in total. The minimum absolute atomic E-state index is 0.445. The van der Waals surface area contributed by atoms with Crippen LogP contribution in [0.25, 0.3) is 0 Å². The number of nitrogens with two attached hydrogens (primary N) is 2. The van der Waals surface area contributed by atoms with Crippen LogP contribution in [0.2, 0.25) is 0 Å². The molecule has 0 spiro atoms. The Morgan fingerprint density at radius 3 is 2.31 bits per heavy atom. The molecule has 0 heterocycles. The molecule has 0 bridgehead atoms. The third kappa shape index (κ3) is 5.30. The lowest BCUT2D eigenvalue weighted by Gasteiger charge is -2.16. The minimum atomic E-state index is -1.31. The molecule has 0 aliphatic heterocycles. The van der Waals surface area contributed by atoms with Crippen molar-refractivity contribution in [1.29, 1.82) is 0 Å². The van der Waals surface area contributed by atoms with Crippen molar-refractivity contribution in [2.24, 2.45) is 11.5 Å². The second-order valence-electron chi connectivity index (χ2n) is 3.47. The molecular weight excluding hydrogens is 214 g/mol. The summed E-state index contributed by atoms with van der Waals surface area (Å²) >= 11 is 0. The molecule has 7 heteroatoms. The third-order valence-electron chi connectivity index (χ3n) is 1.96. The quantitative estimate of drug-likeness (QED) is 0.425. The average Bonchev–Trinajstić information content (AvgIpc) is 2.16. The highest BCUT2D eigenvalue weighted by molar-refractivity contribution is 5.89. The first-order chi connectivity index (χ1) is 7.38. The number of amides is 2. The summed E-state index contributed by atoms with van der Waals surface area (Å²) in [5.74, 6) is -2.69. The molecule has 0 fully saturated rings. The zero-order valence-electron chi connectivity index (χ0n) is 9.10. The summed E-state index contributed by atoms with van der Waals surface area (Å²) in [7, 11) is 0. The summed E-state index contributed by atoms with van der Waals surface area (Å²) < 4.78 is 0. The first kappa shape index (κ1) is 14.4. The highest BCUT2D eigenvalue weighted by atomic mass is 16.4. The number of hydrogen-bond acceptors (Lipinski definition) is 4. The SMILES string of the molecule is CCCC(N)C(=O)NC(CC(N)=O)C(=O)O. The van der Waals surface area contributed by atoms with Gasteiger partial charge in [0.05, 0.1) is 12.5 Å². The molecule has 0 radical (unpaired) electrons. The summed E-state index contributed by atoms with van der Waals surface area (Å²) in [6, 6.07) is -2.08. The molecule has 0 aromatic rings. The van der Waals surface area contributed by atoms with Crippen molar-refractivity contribution in [3.63, 3.8) is 0 Å². The third-order valence-corrected chi connectivity index (χ3v) is 1.96. The van der Waals surface area contributed by atoms with Crippen LogP contribution < -0.4 is 16.8 Å². The Morgan fingerprint density at radius 1 is 1.38 bits per heavy atom. The summed E-state index contributed by atoms with van der Waals surface area (Å²) in [6.45, 7) is 1.85. The number of primary amides is 1. The average molecular weight is 231 g/mol. The second kappa shape index (κ2) is 6.78. The number of rotatable bonds is 7. The van der Waals surface area contributed by atoms with Crippen LogP contribution in [-0.4, -0.2) is 35.0 Å². The van der Waals surface area contributed by atoms with E-state index in [0.29, 0.717) is 12.8 Å². The molecule has 0 saturated heterocycles. The van der Waals surface area contributed by atoms with E-state index in [2.05, 4.69) is 5.32 Å². The van der Waals surface area contributed by atoms with Crippen molar-refractivity contribution in [2.75, 3.05) is 0 Å². The maximum absolute atomic E-state index is 11.4. The Labute approximate surface area is 93.2 Å². The predicted molar refractivity (Wildman–Crippen MR) is 56.3 cm³/mol. The van der Waals surface area contributed by atoms with Crippen LogP contribution in [0.1, 0.15) is 26.2 Å². The van der Waals surface area contributed by atoms with Gasteiger partial charge in [0.15, 0.2) is 0 Å². The van der Waals surface area contributed by atoms with E-state index in [1.165, 1.54) is 0 Å². The van der Waals surface area contributed by atoms with Crippen LogP contribution >= 0.6 is 0 Å². The monoisotopic (exact) mass is 231 g/mol. The van der Waals surface area contributed by atoms with E-state index in [4.69, 9.17) is 16.6 Å². The Kier molecular flexibility index (Phi) is 6.09. The Balaban J connectivity index is 4.34. The van der Waals surface area contributed by atoms with Crippen LogP contribution in [0.15, 0.2) is 0 Å². The lowest BCUT2D eigenvalue weighted by atomic mass is 10.1. The van der Waals surface area contributed by atoms with Gasteiger partial charge in [-0.3, -0.25) is 9.59 Å². The van der Waals surface area contributed by atoms with Crippen molar-refractivity contribution >= 4 is 17.8 Å². The first-order valence-electron chi connectivity index (χ1n) is 4.95. The van der Waals surface area contributed by atoms with Gasteiger partial charge in [0.2, 0.25) is 11.8 Å². The van der Waals surface area contributed by atoms with E-state index in [1.807, 2.05) is 6.92 Å². The minimum Gasteiger partial charge on any atom is -0.480 e. The molecule has 2 amide bonds. The van der Waals surface area contributed by atoms with Crippen molar-refractivity contribution in [3.8, 4) is 0 Å². The van der Waals surface area contributed by atoms with Crippen molar-refractivity contribution in [2.45, 2.75) is 38.3 Å². The molecule has 0 aromatic heterocycles. The largest absolute Gasteiger partial charge is 0.480 e. The van der Waals surface area contributed by atoms with Crippen molar-refractivity contribution in [1.82, 2.24) is 5.32 Å². The van der Waals surface area contributed by atoms with Crippen LogP contribution in [0, 0.1) is 0 Å². The number of carboxylic acid groups (broad SMARTS) is 1. The van der Waals surface area contributed by atoms with E-state index in [9.17, 15) is 14.4 Å². The Bertz CT molecular complexity index is 280. The molecule has 2 atom stereocenters. The standard InChI is InChI=1S/C9H17N3O4/c1-2-3-5(10)8(14)12-6(9(15)16)4-7(11)13/h5-6H,2-4,10H2,1H3,(H2,11,13)(H,12,14)(H,15,16). The normalized spacial score (nSPS) is 13.9. The first-order valence-corrected chi connectivity index (χ1v) is 4.95. The molecule has 0 aliphatic rings. The molecule has 0 saturated carbocycles. The summed E-state index contributed by atoms with van der Waals surface area (Å²) in [4.78, 5) is 32.6. The smallest absolute Gasteiger partial charge is 0.326 e. The zero-order chi connectivity index (χ0) is 12.7. The van der Waals surface area contributed by atoms with Gasteiger partial charge < -0.3 is 21.9 Å². The van der Waals surface area contributed by atoms with Gasteiger partial charge >= 0.3 is 5.97 Å². The molecule has 0 aliphatic carbocycles. The highest BCUT2D eigenvalue weighted by Crippen LogP contribution is 1.97. The van der Waals surface area contributed by atoms with Crippen molar-refractivity contribution in [3.05, 3.63) is 0 Å². The lowest BCUT2D eigenvalue weighted by molar-refractivity contribution is -0.143. The van der Waals surface area contributed by atoms with E-state index in [1.54, 1.807) is 0 Å². The molecular formula is C9H17N3O4. The number of nitrogens with one attached hydrogen (secondary N) is 1. The van der Waals surface area contributed by atoms with Crippen LogP contribution in [-0.2, 0) is 14.4 Å². The Morgan fingerprint density at radius 2 is 1.94 bits per heavy atom. The molecule has 6 N–H and O–H groups in total. The summed E-state index contributed by atoms with van der Waals surface area (Å²) in [5.41, 5.74) is 10.3. The van der Waals surface area contributed by atoms with E-state index >= 15 is 0 Å². The highest BCUT2D eigenvalue weighted by Gasteiger charge is 2.24. The van der Waals surface area contributed by atoms with Gasteiger partial charge in [-0.2, -0.15) is 0 Å². The van der Waals surface area contributed by atoms with Crippen LogP contribution in [0.3, 0.4) is 0 Å². The second-order valence-corrected chi connectivity index (χ2v) is 3.47. The van der Waals surface area contributed by atoms with Crippen molar-refractivity contribution < 1.29 is 19.5 Å². The lowest BCUT2D eigenvalue weighted by Crippen LogP contribution is -2.49. The maximum Gasteiger partial charge on any atom is 0.326 e. The van der Waals surface area contributed by atoms with Gasteiger partial charge in [-0.15, -0.1) is 0 Å². The topological polar surface area (TPSA) is 136 Å². The molecule has 0 rings (SSSR count). The predicted octanol–water partition coefficient (Wildman–Crippen LogP) is -1.44. The van der Waals surface area contributed by atoms with Crippen LogP contribution in [0.4, 0.5) is 0 Å². The summed E-state index contributed by atoms with van der Waals surface area (Å²) in [6.07, 6.45) is 0.719. The molecule has 92 valence electrons. The van der Waals surface area contributed by atoms with Gasteiger partial charge in [0.25, 0.3) is 0 Å². The van der Waals surface area contributed by atoms with Gasteiger partial charge in [-0.25, -0.2) is 4.79 Å². The molecule has 0 aromatic carbocycles. The van der Waals surface area contributed by atoms with E-state index in [0.717, 1.165) is 0 Å². The van der Waals surface area contributed by atoms with Gasteiger partial charge in [-0.05, 0) is 6.42 Å². The molecule has 16 heavy (non-hydrogen) atoms. The fourth-order valence-electron chi connectivity index (χ4n) is 1.12. The number of carbonyl (C=O) groups excluding carboxylic acids is 2. The fourth-order valence-corrected chi connectivity index (χ4v) is 1.12. The van der Waals surface area contributed by atoms with Gasteiger partial charge in [0.1, 0.15) is 6.04 Å². The number of aliphatic carboxylic acids is 1. The molecule has 2 unspecified atom stereocenters. The number of carbonyl (C=O) groups is 3. The van der Waals surface area contributed by atoms with Gasteiger partial charge in [0, 0.05) is 0 Å². The summed E-state index contributed by atoms with van der Waals surface area (Å²) in [5, 5.41) is 10.9. The zero-order valence-corrected chi connectivity index (χ0v) is 9.10. The number of carboxylic acids is 1. The van der Waals surface area contributed by atoms with E-state index < -0.39 is 36.3 Å². The van der Waals surface area contributed by atoms with E-state index in [-0.39, 0.29) is 0 Å². The van der Waals surface area contributed by atoms with Gasteiger partial charge in [-0.1, -0.05) is 13.3 Å². The fraction of sp³-hybridized carbons (Fsp3) is 0.667. The number of hydrogen-bond donors (Lipinski definition) is 4. The van der Waals surface area contributed by atoms with Crippen LogP contribution in [0.5, 0.6) is 0 Å².